The van der Waals surface area contributed by atoms with Crippen LogP contribution in [-0.2, 0) is 0 Å². The highest BCUT2D eigenvalue weighted by atomic mass is 35.5. The Morgan fingerprint density at radius 3 is 2.22 bits per heavy atom. The van der Waals surface area contributed by atoms with Crippen LogP contribution in [-0.4, -0.2) is 84.0 Å². The zero-order valence-electron chi connectivity index (χ0n) is 26.6. The number of halogens is 1. The highest BCUT2D eigenvalue weighted by Crippen LogP contribution is 2.43. The van der Waals surface area contributed by atoms with E-state index in [9.17, 15) is 0 Å². The minimum Gasteiger partial charge on any atom is -0.412 e. The standard InChI is InChI=1S/C33H58ClN3.CH4.3H2O/c1-24(2)32(22-37-19-18-31(33(3,4)23-37)27-10-14-29(34)15-11-27)35-21-25-8-7-9-28(20-25)26-12-16-30(17-13-26)36(5)6;;;;/h10,20,24-26,29-32,35H,7-9,11-19,21-23H2,1-6H3;1H4;3*1H2/t25?,26?,29?,30?,31-,32+;;;;/m1..../s1. The van der Waals surface area contributed by atoms with E-state index in [4.69, 9.17) is 11.6 Å². The third kappa shape index (κ3) is 11.2. The summed E-state index contributed by atoms with van der Waals surface area (Å²) in [5, 5.41) is 4.43. The summed E-state index contributed by atoms with van der Waals surface area (Å²) >= 11 is 6.39. The summed E-state index contributed by atoms with van der Waals surface area (Å²) in [6, 6.07) is 1.38. The van der Waals surface area contributed by atoms with Crippen molar-refractivity contribution in [3.05, 3.63) is 23.3 Å². The van der Waals surface area contributed by atoms with Crippen molar-refractivity contribution in [1.29, 1.82) is 0 Å². The van der Waals surface area contributed by atoms with Crippen LogP contribution in [0.3, 0.4) is 0 Å². The van der Waals surface area contributed by atoms with E-state index in [2.05, 4.69) is 69.1 Å². The molecular weight excluding hydrogens is 534 g/mol. The summed E-state index contributed by atoms with van der Waals surface area (Å²) in [5.74, 6) is 2.98. The summed E-state index contributed by atoms with van der Waals surface area (Å²) in [5.41, 5.74) is 3.85. The van der Waals surface area contributed by atoms with Crippen molar-refractivity contribution in [3.63, 3.8) is 0 Å². The van der Waals surface area contributed by atoms with Crippen molar-refractivity contribution >= 4 is 11.6 Å². The molecule has 41 heavy (non-hydrogen) atoms. The third-order valence-corrected chi connectivity index (χ3v) is 10.9. The molecule has 1 heterocycles. The quantitative estimate of drug-likeness (QED) is 0.271. The predicted octanol–water partition coefficient (Wildman–Crippen LogP) is 5.68. The van der Waals surface area contributed by atoms with Gasteiger partial charge in [0.1, 0.15) is 0 Å². The smallest absolute Gasteiger partial charge is 0.0373 e. The first-order chi connectivity index (χ1) is 17.6. The van der Waals surface area contributed by atoms with Crippen molar-refractivity contribution in [1.82, 2.24) is 15.1 Å². The summed E-state index contributed by atoms with van der Waals surface area (Å²) in [7, 11) is 4.51. The van der Waals surface area contributed by atoms with Crippen LogP contribution in [0.25, 0.3) is 0 Å². The third-order valence-electron chi connectivity index (χ3n) is 10.5. The zero-order chi connectivity index (χ0) is 26.6. The van der Waals surface area contributed by atoms with Gasteiger partial charge in [0.2, 0.25) is 0 Å². The van der Waals surface area contributed by atoms with Crippen LogP contribution >= 0.6 is 11.6 Å². The van der Waals surface area contributed by atoms with Gasteiger partial charge in [-0.1, -0.05) is 58.4 Å². The molecule has 0 radical (unpaired) electrons. The molecule has 0 spiro atoms. The molecule has 1 aliphatic heterocycles. The monoisotopic (exact) mass is 601 g/mol. The Morgan fingerprint density at radius 1 is 0.976 bits per heavy atom. The van der Waals surface area contributed by atoms with Gasteiger partial charge in [0.15, 0.2) is 0 Å². The van der Waals surface area contributed by atoms with Crippen LogP contribution < -0.4 is 5.32 Å². The second-order valence-corrected chi connectivity index (χ2v) is 15.0. The minimum atomic E-state index is 0. The van der Waals surface area contributed by atoms with Gasteiger partial charge in [-0.2, -0.15) is 0 Å². The first kappa shape index (κ1) is 40.5. The van der Waals surface area contributed by atoms with Crippen molar-refractivity contribution in [2.75, 3.05) is 40.3 Å². The Hall–Kier alpha value is -0.470. The first-order valence-electron chi connectivity index (χ1n) is 15.8. The number of allylic oxidation sites excluding steroid dienone is 3. The molecule has 1 saturated carbocycles. The summed E-state index contributed by atoms with van der Waals surface area (Å²) in [4.78, 5) is 5.21. The summed E-state index contributed by atoms with van der Waals surface area (Å²) in [6.07, 6.45) is 19.6. The molecule has 0 amide bonds. The highest BCUT2D eigenvalue weighted by Gasteiger charge is 2.39. The van der Waals surface area contributed by atoms with E-state index in [0.717, 1.165) is 43.2 Å². The largest absolute Gasteiger partial charge is 0.412 e. The molecule has 2 fully saturated rings. The van der Waals surface area contributed by atoms with Crippen LogP contribution in [0, 0.1) is 29.1 Å². The number of likely N-dealkylation sites (tertiary alicyclic amines) is 1. The number of rotatable bonds is 9. The second kappa shape index (κ2) is 18.4. The fourth-order valence-electron chi connectivity index (χ4n) is 8.04. The maximum absolute atomic E-state index is 6.39. The van der Waals surface area contributed by atoms with Gasteiger partial charge in [0.25, 0.3) is 0 Å². The Balaban J connectivity index is 0.00000400. The van der Waals surface area contributed by atoms with Crippen molar-refractivity contribution in [3.8, 4) is 0 Å². The molecule has 7 N–H and O–H groups in total. The van der Waals surface area contributed by atoms with Crippen LogP contribution in [0.4, 0.5) is 0 Å². The Morgan fingerprint density at radius 2 is 1.66 bits per heavy atom. The maximum atomic E-state index is 6.39. The van der Waals surface area contributed by atoms with E-state index in [1.54, 1.807) is 11.1 Å². The highest BCUT2D eigenvalue weighted by molar-refractivity contribution is 6.20. The van der Waals surface area contributed by atoms with Crippen LogP contribution in [0.5, 0.6) is 0 Å². The SMILES string of the molecule is C.CC(C)[C@H](CN1CC[C@H](C2=CCC(Cl)CC2)C(C)(C)C1)NCC1C=C(C2CCC(N(C)C)CC2)CCC1.O.O.O. The lowest BCUT2D eigenvalue weighted by atomic mass is 9.68. The van der Waals surface area contributed by atoms with Gasteiger partial charge in [-0.3, -0.25) is 0 Å². The lowest BCUT2D eigenvalue weighted by Gasteiger charge is -2.47. The van der Waals surface area contributed by atoms with Gasteiger partial charge in [0.05, 0.1) is 0 Å². The zero-order valence-corrected chi connectivity index (χ0v) is 27.3. The molecule has 4 rings (SSSR count). The van der Waals surface area contributed by atoms with Gasteiger partial charge in [-0.25, -0.2) is 0 Å². The van der Waals surface area contributed by atoms with Crippen LogP contribution in [0.1, 0.15) is 106 Å². The lowest BCUT2D eigenvalue weighted by Crippen LogP contribution is -2.52. The molecule has 244 valence electrons. The Labute approximate surface area is 258 Å². The number of hydrogen-bond donors (Lipinski definition) is 1. The van der Waals surface area contributed by atoms with E-state index >= 15 is 0 Å². The van der Waals surface area contributed by atoms with Crippen molar-refractivity contribution < 1.29 is 16.4 Å². The van der Waals surface area contributed by atoms with E-state index in [-0.39, 0.29) is 23.9 Å². The van der Waals surface area contributed by atoms with Crippen LogP contribution in [0.15, 0.2) is 23.3 Å². The first-order valence-corrected chi connectivity index (χ1v) is 16.2. The average Bonchev–Trinajstić information content (AvgIpc) is 2.87. The summed E-state index contributed by atoms with van der Waals surface area (Å²) < 4.78 is 0. The molecule has 6 nitrogen and oxygen atoms in total. The molecular formula is C34H68ClN3O3. The summed E-state index contributed by atoms with van der Waals surface area (Å²) in [6.45, 7) is 14.6. The normalized spacial score (nSPS) is 31.0. The molecule has 4 atom stereocenters. The number of alkyl halides is 1. The van der Waals surface area contributed by atoms with Gasteiger partial charge in [-0.05, 0) is 120 Å². The maximum Gasteiger partial charge on any atom is 0.0373 e. The Kier molecular flexibility index (Phi) is 18.2. The number of nitrogens with zero attached hydrogens (tertiary/aromatic N) is 2. The average molecular weight is 602 g/mol. The molecule has 0 aromatic heterocycles. The molecule has 0 aromatic rings. The van der Waals surface area contributed by atoms with Gasteiger partial charge in [-0.15, -0.1) is 11.6 Å². The van der Waals surface area contributed by atoms with Gasteiger partial charge in [0, 0.05) is 37.1 Å². The molecule has 2 unspecified atom stereocenters. The molecule has 1 saturated heterocycles. The number of piperidine rings is 1. The van der Waals surface area contributed by atoms with E-state index in [1.807, 2.05) is 0 Å². The molecule has 0 aromatic carbocycles. The van der Waals surface area contributed by atoms with Gasteiger partial charge >= 0.3 is 0 Å². The predicted molar refractivity (Wildman–Crippen MR) is 179 cm³/mol. The van der Waals surface area contributed by atoms with Gasteiger partial charge < -0.3 is 31.5 Å². The molecule has 4 aliphatic rings. The molecule has 7 heteroatoms. The van der Waals surface area contributed by atoms with Crippen molar-refractivity contribution in [2.24, 2.45) is 29.1 Å². The second-order valence-electron chi connectivity index (χ2n) is 14.3. The fourth-order valence-corrected chi connectivity index (χ4v) is 8.24. The minimum absolute atomic E-state index is 0. The topological polar surface area (TPSA) is 113 Å². The molecule has 3 aliphatic carbocycles. The number of hydrogen-bond acceptors (Lipinski definition) is 3. The van der Waals surface area contributed by atoms with E-state index < -0.39 is 0 Å². The number of nitrogens with one attached hydrogen (secondary N) is 1. The lowest BCUT2D eigenvalue weighted by molar-refractivity contribution is 0.0595. The van der Waals surface area contributed by atoms with Crippen molar-refractivity contribution in [2.45, 2.75) is 123 Å². The van der Waals surface area contributed by atoms with E-state index in [1.165, 1.54) is 77.4 Å². The fraction of sp³-hybridized carbons (Fsp3) is 0.882. The Bertz CT molecular complexity index is 792. The molecule has 0 bridgehead atoms. The van der Waals surface area contributed by atoms with E-state index in [0.29, 0.717) is 22.8 Å². The van der Waals surface area contributed by atoms with Crippen LogP contribution in [0.2, 0.25) is 0 Å².